The first-order valence-electron chi connectivity index (χ1n) is 8.44. The van der Waals surface area contributed by atoms with Gasteiger partial charge < -0.3 is 0 Å². The van der Waals surface area contributed by atoms with Gasteiger partial charge in [-0.3, -0.25) is 10.00 Å². The highest BCUT2D eigenvalue weighted by molar-refractivity contribution is 7.71. The summed E-state index contributed by atoms with van der Waals surface area (Å²) >= 11 is 7.25. The summed E-state index contributed by atoms with van der Waals surface area (Å²) in [5.41, 5.74) is 1.15. The van der Waals surface area contributed by atoms with E-state index in [-0.39, 0.29) is 0 Å². The third kappa shape index (κ3) is 4.34. The summed E-state index contributed by atoms with van der Waals surface area (Å²) in [6.07, 6.45) is 6.56. The van der Waals surface area contributed by atoms with Gasteiger partial charge in [0.1, 0.15) is 5.82 Å². The van der Waals surface area contributed by atoms with E-state index in [1.807, 2.05) is 46.4 Å². The molecule has 4 rings (SSSR count). The Morgan fingerprint density at radius 2 is 2.04 bits per heavy atom. The van der Waals surface area contributed by atoms with Gasteiger partial charge in [0, 0.05) is 17.5 Å². The molecule has 1 N–H and O–H groups in total. The van der Waals surface area contributed by atoms with Gasteiger partial charge in [-0.05, 0) is 48.1 Å². The molecule has 6 heteroatoms. The van der Waals surface area contributed by atoms with Gasteiger partial charge in [0.15, 0.2) is 0 Å². The summed E-state index contributed by atoms with van der Waals surface area (Å²) in [5, 5.41) is 5.45. The molecule has 0 bridgehead atoms. The lowest BCUT2D eigenvalue weighted by atomic mass is 10.2. The second kappa shape index (κ2) is 7.47. The number of nitrogens with one attached hydrogen (secondary N) is 1. The van der Waals surface area contributed by atoms with E-state index in [0.29, 0.717) is 10.8 Å². The van der Waals surface area contributed by atoms with E-state index in [2.05, 4.69) is 44.6 Å². The highest BCUT2D eigenvalue weighted by atomic mass is 32.1. The Bertz CT molecular complexity index is 889. The topological polar surface area (TPSA) is 36.9 Å². The Morgan fingerprint density at radius 1 is 1.20 bits per heavy atom. The molecule has 2 aromatic heterocycles. The van der Waals surface area contributed by atoms with E-state index in [0.717, 1.165) is 24.6 Å². The van der Waals surface area contributed by atoms with Crippen molar-refractivity contribution in [3.05, 3.63) is 68.9 Å². The number of nitrogens with zero attached hydrogens (tertiary/aromatic N) is 3. The predicted molar refractivity (Wildman–Crippen MR) is 106 cm³/mol. The van der Waals surface area contributed by atoms with E-state index in [1.54, 1.807) is 0 Å². The van der Waals surface area contributed by atoms with E-state index in [4.69, 9.17) is 12.2 Å². The highest BCUT2D eigenvalue weighted by Gasteiger charge is 2.29. The zero-order valence-corrected chi connectivity index (χ0v) is 15.5. The molecule has 0 radical (unpaired) electrons. The summed E-state index contributed by atoms with van der Waals surface area (Å²) in [6, 6.07) is 15.2. The lowest BCUT2D eigenvalue weighted by Gasteiger charge is -2.21. The number of hydrogen-bond acceptors (Lipinski definition) is 4. The predicted octanol–water partition coefficient (Wildman–Crippen LogP) is 4.79. The van der Waals surface area contributed by atoms with Gasteiger partial charge in [-0.15, -0.1) is 11.3 Å². The van der Waals surface area contributed by atoms with E-state index in [1.165, 1.54) is 17.7 Å². The van der Waals surface area contributed by atoms with Crippen molar-refractivity contribution < 1.29 is 0 Å². The van der Waals surface area contributed by atoms with Crippen LogP contribution in [0.25, 0.3) is 12.2 Å². The van der Waals surface area contributed by atoms with Crippen LogP contribution in [-0.2, 0) is 13.2 Å². The van der Waals surface area contributed by atoms with Crippen molar-refractivity contribution in [2.75, 3.05) is 0 Å². The second-order valence-corrected chi connectivity index (χ2v) is 7.66. The molecule has 0 spiro atoms. The molecule has 1 aliphatic rings. The van der Waals surface area contributed by atoms with E-state index >= 15 is 0 Å². The van der Waals surface area contributed by atoms with Crippen molar-refractivity contribution in [3.63, 3.8) is 0 Å². The normalized spacial score (nSPS) is 14.6. The maximum Gasteiger partial charge on any atom is 0.217 e. The van der Waals surface area contributed by atoms with Crippen LogP contribution in [0.5, 0.6) is 0 Å². The van der Waals surface area contributed by atoms with Crippen molar-refractivity contribution in [2.24, 2.45) is 0 Å². The number of thiophene rings is 1. The molecule has 4 nitrogen and oxygen atoms in total. The molecule has 0 amide bonds. The minimum absolute atomic E-state index is 0.601. The number of rotatable bonds is 7. The van der Waals surface area contributed by atoms with Gasteiger partial charge in [0.25, 0.3) is 0 Å². The highest BCUT2D eigenvalue weighted by Crippen LogP contribution is 2.29. The molecule has 25 heavy (non-hydrogen) atoms. The molecule has 128 valence electrons. The van der Waals surface area contributed by atoms with Gasteiger partial charge in [0.2, 0.25) is 4.77 Å². The van der Waals surface area contributed by atoms with E-state index < -0.39 is 0 Å². The zero-order chi connectivity index (χ0) is 17.1. The molecular weight excluding hydrogens is 348 g/mol. The Morgan fingerprint density at radius 3 is 2.76 bits per heavy atom. The summed E-state index contributed by atoms with van der Waals surface area (Å²) in [7, 11) is 0. The molecule has 1 aromatic carbocycles. The summed E-state index contributed by atoms with van der Waals surface area (Å²) in [5.74, 6) is 0.792. The molecule has 0 saturated heterocycles. The third-order valence-electron chi connectivity index (χ3n) is 4.26. The molecule has 1 aliphatic carbocycles. The van der Waals surface area contributed by atoms with Crippen molar-refractivity contribution in [2.45, 2.75) is 32.1 Å². The maximum atomic E-state index is 5.44. The number of hydrogen-bond donors (Lipinski definition) is 1. The van der Waals surface area contributed by atoms with Crippen LogP contribution in [0.3, 0.4) is 0 Å². The quantitative estimate of drug-likeness (QED) is 0.609. The Kier molecular flexibility index (Phi) is 4.92. The Balaban J connectivity index is 1.47. The molecule has 1 saturated carbocycles. The Labute approximate surface area is 156 Å². The largest absolute Gasteiger partial charge is 0.278 e. The maximum absolute atomic E-state index is 5.44. The van der Waals surface area contributed by atoms with Gasteiger partial charge in [-0.25, -0.2) is 4.68 Å². The average Bonchev–Trinajstić information content (AvgIpc) is 3.24. The van der Waals surface area contributed by atoms with Crippen LogP contribution in [-0.4, -0.2) is 25.7 Å². The minimum atomic E-state index is 0.601. The molecule has 2 heterocycles. The smallest absolute Gasteiger partial charge is 0.217 e. The zero-order valence-electron chi connectivity index (χ0n) is 13.8. The average molecular weight is 369 g/mol. The number of aromatic nitrogens is 3. The first-order valence-corrected chi connectivity index (χ1v) is 9.73. The van der Waals surface area contributed by atoms with Crippen LogP contribution in [0.15, 0.2) is 47.8 Å². The second-order valence-electron chi connectivity index (χ2n) is 6.26. The van der Waals surface area contributed by atoms with Gasteiger partial charge in [0.05, 0.1) is 6.67 Å². The van der Waals surface area contributed by atoms with Crippen molar-refractivity contribution in [3.8, 4) is 0 Å². The molecule has 3 aromatic rings. The van der Waals surface area contributed by atoms with Crippen LogP contribution < -0.4 is 0 Å². The van der Waals surface area contributed by atoms with Gasteiger partial charge in [-0.2, -0.15) is 4.98 Å². The van der Waals surface area contributed by atoms with Crippen molar-refractivity contribution in [1.82, 2.24) is 19.7 Å². The summed E-state index contributed by atoms with van der Waals surface area (Å²) < 4.78 is 2.57. The fraction of sp³-hybridized carbons (Fsp3) is 0.263. The Hall–Kier alpha value is -2.02. The molecule has 0 aliphatic heterocycles. The SMILES string of the molecule is S=c1nc(/C=C/c2ccccc2)[nH]n1CN(Cc1cccs1)C1CC1. The van der Waals surface area contributed by atoms with Gasteiger partial charge >= 0.3 is 0 Å². The van der Waals surface area contributed by atoms with Crippen LogP contribution >= 0.6 is 23.6 Å². The van der Waals surface area contributed by atoms with Crippen LogP contribution in [0.2, 0.25) is 0 Å². The molecule has 1 fully saturated rings. The van der Waals surface area contributed by atoms with E-state index in [9.17, 15) is 0 Å². The molecular formula is C19H20N4S2. The fourth-order valence-corrected chi connectivity index (χ4v) is 3.73. The lowest BCUT2D eigenvalue weighted by Crippen LogP contribution is -2.28. The lowest BCUT2D eigenvalue weighted by molar-refractivity contribution is 0.188. The van der Waals surface area contributed by atoms with Crippen molar-refractivity contribution >= 4 is 35.7 Å². The summed E-state index contributed by atoms with van der Waals surface area (Å²) in [4.78, 5) is 8.33. The first-order chi connectivity index (χ1) is 12.3. The molecule has 0 unspecified atom stereocenters. The van der Waals surface area contributed by atoms with Crippen LogP contribution in [0, 0.1) is 4.77 Å². The third-order valence-corrected chi connectivity index (χ3v) is 5.43. The summed E-state index contributed by atoms with van der Waals surface area (Å²) in [6.45, 7) is 1.73. The number of benzene rings is 1. The fourth-order valence-electron chi connectivity index (χ4n) is 2.80. The van der Waals surface area contributed by atoms with Crippen LogP contribution in [0.4, 0.5) is 0 Å². The molecule has 0 atom stereocenters. The van der Waals surface area contributed by atoms with Crippen LogP contribution in [0.1, 0.15) is 29.1 Å². The standard InChI is InChI=1S/C19H20N4S2/c24-19-20-18(11-8-15-5-2-1-3-6-15)21-23(19)14-22(16-9-10-16)13-17-7-4-12-25-17/h1-8,11-12,16H,9-10,13-14H2,(H,20,21,24)/b11-8+. The van der Waals surface area contributed by atoms with Crippen molar-refractivity contribution in [1.29, 1.82) is 0 Å². The first kappa shape index (κ1) is 16.4. The number of H-pyrrole nitrogens is 1. The number of aromatic amines is 1. The monoisotopic (exact) mass is 368 g/mol. The van der Waals surface area contributed by atoms with Gasteiger partial charge in [-0.1, -0.05) is 42.5 Å². The minimum Gasteiger partial charge on any atom is -0.278 e.